The molecule has 2 atom stereocenters. The maximum Gasteiger partial charge on any atom is 0.260 e. The van der Waals surface area contributed by atoms with Gasteiger partial charge in [0.2, 0.25) is 0 Å². The van der Waals surface area contributed by atoms with Gasteiger partial charge in [-0.05, 0) is 43.7 Å². The number of rotatable bonds is 7. The number of ketones is 1. The Labute approximate surface area is 185 Å². The van der Waals surface area contributed by atoms with E-state index in [9.17, 15) is 22.8 Å². The first-order valence-corrected chi connectivity index (χ1v) is 10.6. The molecule has 1 aliphatic rings. The SMILES string of the molecule is CCC(=O)c1cc(F)c(OCC(=O)N2C[C@H](C)N(Cc3ccc(F)cc3)C[C@H]2C)c(F)c1. The molecule has 8 heteroatoms. The predicted molar refractivity (Wildman–Crippen MR) is 114 cm³/mol. The van der Waals surface area contributed by atoms with E-state index in [4.69, 9.17) is 4.74 Å². The van der Waals surface area contributed by atoms with E-state index in [-0.39, 0.29) is 41.6 Å². The van der Waals surface area contributed by atoms with Gasteiger partial charge in [-0.15, -0.1) is 0 Å². The second kappa shape index (κ2) is 10.2. The van der Waals surface area contributed by atoms with Gasteiger partial charge in [-0.3, -0.25) is 14.5 Å². The Morgan fingerprint density at radius 2 is 1.62 bits per heavy atom. The molecule has 0 N–H and O–H groups in total. The van der Waals surface area contributed by atoms with E-state index in [1.165, 1.54) is 12.1 Å². The van der Waals surface area contributed by atoms with Crippen LogP contribution in [0.1, 0.15) is 43.1 Å². The number of hydrogen-bond acceptors (Lipinski definition) is 4. The highest BCUT2D eigenvalue weighted by molar-refractivity contribution is 5.96. The van der Waals surface area contributed by atoms with Crippen molar-refractivity contribution in [1.29, 1.82) is 0 Å². The molecular formula is C24H27F3N2O3. The Hall–Kier alpha value is -2.87. The van der Waals surface area contributed by atoms with Crippen LogP contribution in [0, 0.1) is 17.5 Å². The zero-order valence-corrected chi connectivity index (χ0v) is 18.4. The first kappa shape index (κ1) is 23.8. The molecule has 1 heterocycles. The zero-order valence-electron chi connectivity index (χ0n) is 18.4. The number of ether oxygens (including phenoxy) is 1. The number of amides is 1. The fourth-order valence-electron chi connectivity index (χ4n) is 3.87. The molecule has 1 fully saturated rings. The first-order chi connectivity index (χ1) is 15.2. The van der Waals surface area contributed by atoms with Crippen LogP contribution in [0.5, 0.6) is 5.75 Å². The van der Waals surface area contributed by atoms with E-state index < -0.39 is 24.0 Å². The van der Waals surface area contributed by atoms with Crippen LogP contribution in [0.15, 0.2) is 36.4 Å². The normalized spacial score (nSPS) is 19.1. The fraction of sp³-hybridized carbons (Fsp3) is 0.417. The summed E-state index contributed by atoms with van der Waals surface area (Å²) in [6.45, 7) is 6.63. The van der Waals surface area contributed by atoms with Crippen LogP contribution in [0.3, 0.4) is 0 Å². The first-order valence-electron chi connectivity index (χ1n) is 10.6. The lowest BCUT2D eigenvalue weighted by Crippen LogP contribution is -2.58. The minimum atomic E-state index is -1.01. The molecule has 172 valence electrons. The lowest BCUT2D eigenvalue weighted by molar-refractivity contribution is -0.139. The molecule has 1 saturated heterocycles. The van der Waals surface area contributed by atoms with Crippen LogP contribution in [0.25, 0.3) is 0 Å². The smallest absolute Gasteiger partial charge is 0.260 e. The Morgan fingerprint density at radius 3 is 2.22 bits per heavy atom. The van der Waals surface area contributed by atoms with Gasteiger partial charge in [0.1, 0.15) is 5.82 Å². The molecule has 0 bridgehead atoms. The number of Topliss-reactive ketones (excluding diaryl/α,β-unsaturated/α-hetero) is 1. The van der Waals surface area contributed by atoms with Crippen LogP contribution >= 0.6 is 0 Å². The lowest BCUT2D eigenvalue weighted by Gasteiger charge is -2.44. The molecule has 0 saturated carbocycles. The van der Waals surface area contributed by atoms with Gasteiger partial charge in [0, 0.05) is 43.7 Å². The number of nitrogens with zero attached hydrogens (tertiary/aromatic N) is 2. The molecular weight excluding hydrogens is 421 g/mol. The van der Waals surface area contributed by atoms with Crippen molar-refractivity contribution in [1.82, 2.24) is 9.80 Å². The van der Waals surface area contributed by atoms with E-state index in [1.807, 2.05) is 13.8 Å². The van der Waals surface area contributed by atoms with Gasteiger partial charge in [0.05, 0.1) is 0 Å². The molecule has 0 unspecified atom stereocenters. The molecule has 2 aromatic rings. The quantitative estimate of drug-likeness (QED) is 0.596. The van der Waals surface area contributed by atoms with E-state index in [2.05, 4.69) is 4.90 Å². The lowest BCUT2D eigenvalue weighted by atomic mass is 10.1. The van der Waals surface area contributed by atoms with E-state index in [0.717, 1.165) is 17.7 Å². The third-order valence-electron chi connectivity index (χ3n) is 5.72. The summed E-state index contributed by atoms with van der Waals surface area (Å²) in [5, 5.41) is 0. The summed E-state index contributed by atoms with van der Waals surface area (Å²) in [6.07, 6.45) is 0.126. The van der Waals surface area contributed by atoms with Crippen molar-refractivity contribution in [2.24, 2.45) is 0 Å². The minimum Gasteiger partial charge on any atom is -0.478 e. The highest BCUT2D eigenvalue weighted by Gasteiger charge is 2.32. The van der Waals surface area contributed by atoms with Gasteiger partial charge in [0.15, 0.2) is 29.8 Å². The van der Waals surface area contributed by atoms with E-state index in [1.54, 1.807) is 24.0 Å². The molecule has 0 spiro atoms. The number of carbonyl (C=O) groups excluding carboxylic acids is 2. The number of benzene rings is 2. The Balaban J connectivity index is 1.60. The van der Waals surface area contributed by atoms with E-state index >= 15 is 0 Å². The maximum absolute atomic E-state index is 14.2. The number of hydrogen-bond donors (Lipinski definition) is 0. The second-order valence-corrected chi connectivity index (χ2v) is 8.13. The molecule has 0 aliphatic carbocycles. The summed E-state index contributed by atoms with van der Waals surface area (Å²) in [5.41, 5.74) is 0.908. The molecule has 2 aromatic carbocycles. The Kier molecular flexibility index (Phi) is 7.56. The maximum atomic E-state index is 14.2. The standard InChI is InChI=1S/C24H27F3N2O3/c1-4-22(30)18-9-20(26)24(21(27)10-18)32-14-23(31)29-12-15(2)28(11-16(29)3)13-17-5-7-19(25)8-6-17/h5-10,15-16H,4,11-14H2,1-3H3/t15-,16+/m0/s1. The summed E-state index contributed by atoms with van der Waals surface area (Å²) in [4.78, 5) is 28.2. The summed E-state index contributed by atoms with van der Waals surface area (Å²) >= 11 is 0. The van der Waals surface area contributed by atoms with Crippen molar-refractivity contribution in [2.45, 2.75) is 45.8 Å². The van der Waals surface area contributed by atoms with Gasteiger partial charge >= 0.3 is 0 Å². The third-order valence-corrected chi connectivity index (χ3v) is 5.72. The topological polar surface area (TPSA) is 49.9 Å². The van der Waals surface area contributed by atoms with Crippen LogP contribution < -0.4 is 4.74 Å². The van der Waals surface area contributed by atoms with Gasteiger partial charge in [-0.1, -0.05) is 19.1 Å². The molecule has 3 rings (SSSR count). The number of piperazine rings is 1. The fourth-order valence-corrected chi connectivity index (χ4v) is 3.87. The van der Waals surface area contributed by atoms with Crippen LogP contribution in [0.4, 0.5) is 13.2 Å². The van der Waals surface area contributed by atoms with Crippen LogP contribution in [-0.4, -0.2) is 53.3 Å². The monoisotopic (exact) mass is 448 g/mol. The molecule has 1 aliphatic heterocycles. The van der Waals surface area contributed by atoms with Gasteiger partial charge < -0.3 is 9.64 Å². The summed E-state index contributed by atoms with van der Waals surface area (Å²) in [5.74, 6) is -3.74. The van der Waals surface area contributed by atoms with Gasteiger partial charge in [-0.2, -0.15) is 0 Å². The number of halogens is 3. The molecule has 0 radical (unpaired) electrons. The average Bonchev–Trinajstić information content (AvgIpc) is 2.76. The van der Waals surface area contributed by atoms with Crippen molar-refractivity contribution in [3.8, 4) is 5.75 Å². The van der Waals surface area contributed by atoms with Crippen molar-refractivity contribution >= 4 is 11.7 Å². The van der Waals surface area contributed by atoms with Crippen LogP contribution in [-0.2, 0) is 11.3 Å². The van der Waals surface area contributed by atoms with Gasteiger partial charge in [-0.25, -0.2) is 13.2 Å². The minimum absolute atomic E-state index is 0.0352. The molecule has 0 aromatic heterocycles. The van der Waals surface area contributed by atoms with Crippen molar-refractivity contribution in [3.05, 3.63) is 65.0 Å². The zero-order chi connectivity index (χ0) is 23.4. The average molecular weight is 448 g/mol. The van der Waals surface area contributed by atoms with Crippen molar-refractivity contribution < 1.29 is 27.5 Å². The van der Waals surface area contributed by atoms with Crippen molar-refractivity contribution in [3.63, 3.8) is 0 Å². The van der Waals surface area contributed by atoms with E-state index in [0.29, 0.717) is 19.6 Å². The molecule has 32 heavy (non-hydrogen) atoms. The second-order valence-electron chi connectivity index (χ2n) is 8.13. The summed E-state index contributed by atoms with van der Waals surface area (Å²) in [6, 6.07) is 8.06. The summed E-state index contributed by atoms with van der Waals surface area (Å²) < 4.78 is 46.8. The summed E-state index contributed by atoms with van der Waals surface area (Å²) in [7, 11) is 0. The van der Waals surface area contributed by atoms with Gasteiger partial charge in [0.25, 0.3) is 5.91 Å². The highest BCUT2D eigenvalue weighted by Crippen LogP contribution is 2.25. The number of carbonyl (C=O) groups is 2. The predicted octanol–water partition coefficient (Wildman–Crippen LogP) is 4.20. The Bertz CT molecular complexity index is 958. The van der Waals surface area contributed by atoms with Crippen molar-refractivity contribution in [2.75, 3.05) is 19.7 Å². The molecule has 5 nitrogen and oxygen atoms in total. The van der Waals surface area contributed by atoms with Crippen LogP contribution in [0.2, 0.25) is 0 Å². The largest absolute Gasteiger partial charge is 0.478 e. The third kappa shape index (κ3) is 5.48. The molecule has 1 amide bonds. The Morgan fingerprint density at radius 1 is 1.00 bits per heavy atom. The highest BCUT2D eigenvalue weighted by atomic mass is 19.1.